The second-order valence-electron chi connectivity index (χ2n) is 9.27. The van der Waals surface area contributed by atoms with Gasteiger partial charge in [-0.15, -0.1) is 0 Å². The minimum Gasteiger partial charge on any atom is -0.469 e. The molecule has 1 atom stereocenters. The molecule has 0 saturated carbocycles. The number of amides is 1. The second-order valence-corrected chi connectivity index (χ2v) is 9.27. The molecule has 8 heteroatoms. The maximum atomic E-state index is 12.8. The summed E-state index contributed by atoms with van der Waals surface area (Å²) in [5.74, 6) is -0.396. The summed E-state index contributed by atoms with van der Waals surface area (Å²) in [6, 6.07) is 6.73. The first-order valence-corrected chi connectivity index (χ1v) is 10.2. The highest BCUT2D eigenvalue weighted by atomic mass is 16.6. The number of para-hydroxylation sites is 1. The van der Waals surface area contributed by atoms with Gasteiger partial charge in [0.15, 0.2) is 0 Å². The van der Waals surface area contributed by atoms with Crippen molar-refractivity contribution in [2.75, 3.05) is 7.11 Å². The van der Waals surface area contributed by atoms with E-state index in [0.717, 1.165) is 5.39 Å². The average Bonchev–Trinajstić information content (AvgIpc) is 3.01. The predicted molar refractivity (Wildman–Crippen MR) is 117 cm³/mol. The van der Waals surface area contributed by atoms with Crippen molar-refractivity contribution in [1.82, 2.24) is 9.88 Å². The first kappa shape index (κ1) is 24.2. The lowest BCUT2D eigenvalue weighted by Gasteiger charge is -2.23. The molecule has 1 heterocycles. The molecule has 2 rings (SSSR count). The number of nitrogens with one attached hydrogen (secondary N) is 1. The maximum Gasteiger partial charge on any atom is 0.419 e. The van der Waals surface area contributed by atoms with E-state index in [1.807, 2.05) is 18.2 Å². The highest BCUT2D eigenvalue weighted by Crippen LogP contribution is 2.30. The molecule has 0 saturated heterocycles. The van der Waals surface area contributed by atoms with Crippen molar-refractivity contribution in [1.29, 1.82) is 0 Å². The lowest BCUT2D eigenvalue weighted by molar-refractivity contribution is -0.140. The van der Waals surface area contributed by atoms with Crippen molar-refractivity contribution in [2.24, 2.45) is 0 Å². The van der Waals surface area contributed by atoms with Gasteiger partial charge in [0.1, 0.15) is 11.2 Å². The quantitative estimate of drug-likeness (QED) is 0.531. The van der Waals surface area contributed by atoms with Gasteiger partial charge in [0.25, 0.3) is 0 Å². The molecule has 0 fully saturated rings. The van der Waals surface area contributed by atoms with Gasteiger partial charge >= 0.3 is 18.2 Å². The van der Waals surface area contributed by atoms with Crippen LogP contribution in [0.3, 0.4) is 0 Å². The molecule has 2 aromatic rings. The number of methoxy groups -OCH3 is 1. The highest BCUT2D eigenvalue weighted by molar-refractivity contribution is 5.92. The van der Waals surface area contributed by atoms with Gasteiger partial charge in [0.2, 0.25) is 0 Å². The maximum absolute atomic E-state index is 12.8. The minimum atomic E-state index is -0.679. The Labute approximate surface area is 182 Å². The standard InChI is InChI=1S/C23H32N2O6/c1-22(2,3)30-20(27)24-17(12-13-19(26)29-7)16-14-25(21(28)31-23(4,5)6)18-11-9-8-10-15(16)18/h8-11,14,17H,12-13H2,1-7H3,(H,24,27). The smallest absolute Gasteiger partial charge is 0.419 e. The monoisotopic (exact) mass is 432 g/mol. The van der Waals surface area contributed by atoms with Crippen molar-refractivity contribution in [3.05, 3.63) is 36.0 Å². The van der Waals surface area contributed by atoms with E-state index in [0.29, 0.717) is 11.1 Å². The van der Waals surface area contributed by atoms with Crippen LogP contribution in [0.4, 0.5) is 9.59 Å². The van der Waals surface area contributed by atoms with Crippen LogP contribution in [-0.4, -0.2) is 41.0 Å². The number of alkyl carbamates (subject to hydrolysis) is 1. The molecule has 31 heavy (non-hydrogen) atoms. The van der Waals surface area contributed by atoms with E-state index in [9.17, 15) is 14.4 Å². The lowest BCUT2D eigenvalue weighted by atomic mass is 10.0. The third-order valence-electron chi connectivity index (χ3n) is 4.26. The van der Waals surface area contributed by atoms with Crippen LogP contribution in [0, 0.1) is 0 Å². The minimum absolute atomic E-state index is 0.0862. The number of hydrogen-bond acceptors (Lipinski definition) is 6. The zero-order chi connectivity index (χ0) is 23.4. The number of ether oxygens (including phenoxy) is 3. The largest absolute Gasteiger partial charge is 0.469 e. The normalized spacial score (nSPS) is 12.9. The first-order chi connectivity index (χ1) is 14.3. The van der Waals surface area contributed by atoms with E-state index in [2.05, 4.69) is 5.32 Å². The summed E-state index contributed by atoms with van der Waals surface area (Å²) in [4.78, 5) is 37.0. The SMILES string of the molecule is COC(=O)CCC(NC(=O)OC(C)(C)C)c1cn(C(=O)OC(C)(C)C)c2ccccc12. The van der Waals surface area contributed by atoms with Gasteiger partial charge in [0.05, 0.1) is 18.7 Å². The Morgan fingerprint density at radius 1 is 1.00 bits per heavy atom. The number of esters is 1. The molecule has 1 aromatic carbocycles. The van der Waals surface area contributed by atoms with Crippen LogP contribution in [-0.2, 0) is 19.0 Å². The third-order valence-corrected chi connectivity index (χ3v) is 4.26. The van der Waals surface area contributed by atoms with Crippen LogP contribution >= 0.6 is 0 Å². The molecule has 0 spiro atoms. The van der Waals surface area contributed by atoms with Crippen LogP contribution in [0.1, 0.15) is 66.0 Å². The van der Waals surface area contributed by atoms with Gasteiger partial charge in [-0.1, -0.05) is 18.2 Å². The van der Waals surface area contributed by atoms with Crippen molar-refractivity contribution in [3.8, 4) is 0 Å². The number of fused-ring (bicyclic) bond motifs is 1. The molecule has 1 N–H and O–H groups in total. The van der Waals surface area contributed by atoms with Crippen LogP contribution < -0.4 is 5.32 Å². The Bertz CT molecular complexity index is 949. The van der Waals surface area contributed by atoms with Gasteiger partial charge in [-0.2, -0.15) is 0 Å². The third kappa shape index (κ3) is 7.01. The van der Waals surface area contributed by atoms with Gasteiger partial charge < -0.3 is 19.5 Å². The summed E-state index contributed by atoms with van der Waals surface area (Å²) < 4.78 is 17.1. The molecule has 0 aliphatic heterocycles. The number of carbonyl (C=O) groups excluding carboxylic acids is 3. The molecule has 1 amide bonds. The summed E-state index contributed by atoms with van der Waals surface area (Å²) >= 11 is 0. The Kier molecular flexibility index (Phi) is 7.36. The number of rotatable bonds is 5. The Morgan fingerprint density at radius 2 is 1.61 bits per heavy atom. The topological polar surface area (TPSA) is 95.9 Å². The van der Waals surface area contributed by atoms with Crippen LogP contribution in [0.25, 0.3) is 10.9 Å². The molecular formula is C23H32N2O6. The van der Waals surface area contributed by atoms with E-state index in [1.165, 1.54) is 11.7 Å². The molecule has 8 nitrogen and oxygen atoms in total. The highest BCUT2D eigenvalue weighted by Gasteiger charge is 2.26. The zero-order valence-electron chi connectivity index (χ0n) is 19.3. The van der Waals surface area contributed by atoms with Crippen LogP contribution in [0.2, 0.25) is 0 Å². The van der Waals surface area contributed by atoms with Crippen molar-refractivity contribution in [2.45, 2.75) is 71.6 Å². The van der Waals surface area contributed by atoms with E-state index in [4.69, 9.17) is 14.2 Å². The fourth-order valence-electron chi connectivity index (χ4n) is 3.07. The number of carbonyl (C=O) groups is 3. The van der Waals surface area contributed by atoms with E-state index < -0.39 is 35.4 Å². The second kappa shape index (κ2) is 9.41. The van der Waals surface area contributed by atoms with Crippen molar-refractivity contribution in [3.63, 3.8) is 0 Å². The molecule has 0 aliphatic carbocycles. The van der Waals surface area contributed by atoms with Crippen molar-refractivity contribution >= 4 is 29.1 Å². The van der Waals surface area contributed by atoms with Crippen LogP contribution in [0.15, 0.2) is 30.5 Å². The number of nitrogens with zero attached hydrogens (tertiary/aromatic N) is 1. The molecule has 0 radical (unpaired) electrons. The molecule has 0 bridgehead atoms. The van der Waals surface area contributed by atoms with E-state index >= 15 is 0 Å². The molecule has 1 unspecified atom stereocenters. The molecular weight excluding hydrogens is 400 g/mol. The number of aromatic nitrogens is 1. The van der Waals surface area contributed by atoms with Crippen LogP contribution in [0.5, 0.6) is 0 Å². The first-order valence-electron chi connectivity index (χ1n) is 10.2. The number of hydrogen-bond donors (Lipinski definition) is 1. The fourth-order valence-corrected chi connectivity index (χ4v) is 3.07. The van der Waals surface area contributed by atoms with E-state index in [-0.39, 0.29) is 12.8 Å². The summed E-state index contributed by atoms with van der Waals surface area (Å²) in [5.41, 5.74) is -0.0274. The summed E-state index contributed by atoms with van der Waals surface area (Å²) in [6.45, 7) is 10.7. The van der Waals surface area contributed by atoms with Gasteiger partial charge in [0, 0.05) is 23.6 Å². The Morgan fingerprint density at radius 3 is 2.19 bits per heavy atom. The summed E-state index contributed by atoms with van der Waals surface area (Å²) in [5, 5.41) is 3.59. The average molecular weight is 433 g/mol. The Balaban J connectivity index is 2.46. The molecule has 0 aliphatic rings. The lowest BCUT2D eigenvalue weighted by Crippen LogP contribution is -2.35. The summed E-state index contributed by atoms with van der Waals surface area (Å²) in [6.07, 6.45) is 0.852. The number of benzene rings is 1. The van der Waals surface area contributed by atoms with Gasteiger partial charge in [-0.3, -0.25) is 9.36 Å². The fraction of sp³-hybridized carbons (Fsp3) is 0.522. The van der Waals surface area contributed by atoms with E-state index in [1.54, 1.807) is 53.8 Å². The van der Waals surface area contributed by atoms with Crippen molar-refractivity contribution < 1.29 is 28.6 Å². The molecule has 170 valence electrons. The van der Waals surface area contributed by atoms with Gasteiger partial charge in [-0.05, 0) is 54.0 Å². The Hall–Kier alpha value is -3.03. The predicted octanol–water partition coefficient (Wildman–Crippen LogP) is 4.94. The summed E-state index contributed by atoms with van der Waals surface area (Å²) in [7, 11) is 1.31. The van der Waals surface area contributed by atoms with Gasteiger partial charge in [-0.25, -0.2) is 9.59 Å². The zero-order valence-corrected chi connectivity index (χ0v) is 19.3. The molecule has 1 aromatic heterocycles.